The van der Waals surface area contributed by atoms with Crippen LogP contribution in [0.3, 0.4) is 0 Å². The average Bonchev–Trinajstić information content (AvgIpc) is 2.64. The number of rotatable bonds is 2. The second kappa shape index (κ2) is 3.69. The van der Waals surface area contributed by atoms with Crippen molar-refractivity contribution in [2.45, 2.75) is 13.3 Å². The van der Waals surface area contributed by atoms with E-state index in [1.54, 1.807) is 6.20 Å². The Hall–Kier alpha value is -1.52. The number of anilines is 1. The van der Waals surface area contributed by atoms with Gasteiger partial charge in [-0.2, -0.15) is 5.10 Å². The van der Waals surface area contributed by atoms with Crippen molar-refractivity contribution >= 4 is 11.7 Å². The highest BCUT2D eigenvalue weighted by atomic mass is 16.5. The van der Waals surface area contributed by atoms with Gasteiger partial charge in [-0.3, -0.25) is 9.89 Å². The molecule has 1 aromatic heterocycles. The number of hydrogen-bond acceptors (Lipinski definition) is 4. The largest absolute Gasteiger partial charge is 0.466 e. The zero-order valence-corrected chi connectivity index (χ0v) is 8.04. The number of fused-ring (bicyclic) bond motifs is 1. The predicted octanol–water partition coefficient (Wildman–Crippen LogP) is 0.557. The molecule has 14 heavy (non-hydrogen) atoms. The summed E-state index contributed by atoms with van der Waals surface area (Å²) in [5.41, 5.74) is 1.97. The smallest absolute Gasteiger partial charge is 0.311 e. The predicted molar refractivity (Wildman–Crippen MR) is 50.9 cm³/mol. The van der Waals surface area contributed by atoms with Gasteiger partial charge in [0.2, 0.25) is 0 Å². The van der Waals surface area contributed by atoms with Crippen molar-refractivity contribution in [1.82, 2.24) is 10.2 Å². The van der Waals surface area contributed by atoms with Crippen LogP contribution in [0.5, 0.6) is 0 Å². The van der Waals surface area contributed by atoms with E-state index < -0.39 is 0 Å². The molecule has 1 unspecified atom stereocenters. The minimum Gasteiger partial charge on any atom is -0.466 e. The summed E-state index contributed by atoms with van der Waals surface area (Å²) in [6, 6.07) is 0. The van der Waals surface area contributed by atoms with Gasteiger partial charge in [0, 0.05) is 13.0 Å². The molecule has 2 rings (SSSR count). The van der Waals surface area contributed by atoms with Gasteiger partial charge in [0.15, 0.2) is 0 Å². The molecule has 5 heteroatoms. The minimum absolute atomic E-state index is 0.0945. The van der Waals surface area contributed by atoms with Crippen LogP contribution in [0.25, 0.3) is 0 Å². The maximum Gasteiger partial charge on any atom is 0.311 e. The SMILES string of the molecule is CCOC(=O)C1CNc2cn[nH]c2C1. The van der Waals surface area contributed by atoms with Gasteiger partial charge in [-0.25, -0.2) is 0 Å². The number of nitrogens with zero attached hydrogens (tertiary/aromatic N) is 1. The van der Waals surface area contributed by atoms with Gasteiger partial charge in [-0.15, -0.1) is 0 Å². The molecule has 1 aliphatic rings. The van der Waals surface area contributed by atoms with Crippen molar-refractivity contribution in [3.63, 3.8) is 0 Å². The van der Waals surface area contributed by atoms with Crippen LogP contribution in [-0.4, -0.2) is 29.3 Å². The van der Waals surface area contributed by atoms with Crippen molar-refractivity contribution in [2.24, 2.45) is 5.92 Å². The molecule has 0 saturated heterocycles. The fourth-order valence-electron chi connectivity index (χ4n) is 1.60. The van der Waals surface area contributed by atoms with Crippen molar-refractivity contribution in [3.8, 4) is 0 Å². The van der Waals surface area contributed by atoms with E-state index in [0.29, 0.717) is 19.6 Å². The highest BCUT2D eigenvalue weighted by molar-refractivity contribution is 5.75. The standard InChI is InChI=1S/C9H13N3O2/c1-2-14-9(13)6-3-7-8(10-4-6)5-11-12-7/h5-6,10H,2-4H2,1H3,(H,11,12). The number of nitrogens with one attached hydrogen (secondary N) is 2. The molecule has 1 aromatic rings. The number of carbonyl (C=O) groups excluding carboxylic acids is 1. The number of hydrogen-bond donors (Lipinski definition) is 2. The van der Waals surface area contributed by atoms with Gasteiger partial charge in [-0.05, 0) is 6.92 Å². The number of aromatic amines is 1. The van der Waals surface area contributed by atoms with E-state index in [4.69, 9.17) is 4.74 Å². The number of ether oxygens (including phenoxy) is 1. The highest BCUT2D eigenvalue weighted by Gasteiger charge is 2.26. The van der Waals surface area contributed by atoms with E-state index in [0.717, 1.165) is 11.4 Å². The van der Waals surface area contributed by atoms with Gasteiger partial charge in [0.1, 0.15) is 0 Å². The fraction of sp³-hybridized carbons (Fsp3) is 0.556. The summed E-state index contributed by atoms with van der Waals surface area (Å²) in [4.78, 5) is 11.4. The summed E-state index contributed by atoms with van der Waals surface area (Å²) in [7, 11) is 0. The van der Waals surface area contributed by atoms with Crippen LogP contribution in [-0.2, 0) is 16.0 Å². The molecule has 1 aliphatic heterocycles. The number of carbonyl (C=O) groups is 1. The summed E-state index contributed by atoms with van der Waals surface area (Å²) in [6.07, 6.45) is 2.41. The first-order chi connectivity index (χ1) is 6.81. The second-order valence-electron chi connectivity index (χ2n) is 3.30. The molecule has 1 atom stereocenters. The van der Waals surface area contributed by atoms with Gasteiger partial charge in [0.25, 0.3) is 0 Å². The highest BCUT2D eigenvalue weighted by Crippen LogP contribution is 2.22. The van der Waals surface area contributed by atoms with Crippen LogP contribution in [0.15, 0.2) is 6.20 Å². The van der Waals surface area contributed by atoms with Crippen LogP contribution in [0.4, 0.5) is 5.69 Å². The van der Waals surface area contributed by atoms with Crippen molar-refractivity contribution in [1.29, 1.82) is 0 Å². The first-order valence-corrected chi connectivity index (χ1v) is 4.74. The Morgan fingerprint density at radius 1 is 1.79 bits per heavy atom. The zero-order chi connectivity index (χ0) is 9.97. The molecule has 0 aliphatic carbocycles. The molecule has 0 spiro atoms. The number of aromatic nitrogens is 2. The third-order valence-electron chi connectivity index (χ3n) is 2.33. The molecule has 0 radical (unpaired) electrons. The lowest BCUT2D eigenvalue weighted by Gasteiger charge is -2.21. The summed E-state index contributed by atoms with van der Waals surface area (Å²) in [6.45, 7) is 2.88. The van der Waals surface area contributed by atoms with E-state index >= 15 is 0 Å². The molecule has 0 amide bonds. The summed E-state index contributed by atoms with van der Waals surface area (Å²) in [5.74, 6) is -0.233. The van der Waals surface area contributed by atoms with Crippen LogP contribution >= 0.6 is 0 Å². The Morgan fingerprint density at radius 3 is 3.43 bits per heavy atom. The van der Waals surface area contributed by atoms with Crippen LogP contribution in [0, 0.1) is 5.92 Å². The Kier molecular flexibility index (Phi) is 2.39. The molecule has 2 heterocycles. The first kappa shape index (κ1) is 9.05. The molecule has 0 saturated carbocycles. The van der Waals surface area contributed by atoms with E-state index in [1.165, 1.54) is 0 Å². The molecule has 76 valence electrons. The lowest BCUT2D eigenvalue weighted by Crippen LogP contribution is -2.30. The quantitative estimate of drug-likeness (QED) is 0.676. The zero-order valence-electron chi connectivity index (χ0n) is 8.04. The lowest BCUT2D eigenvalue weighted by atomic mass is 9.99. The van der Waals surface area contributed by atoms with E-state index in [2.05, 4.69) is 15.5 Å². The van der Waals surface area contributed by atoms with E-state index in [9.17, 15) is 4.79 Å². The average molecular weight is 195 g/mol. The summed E-state index contributed by atoms with van der Waals surface area (Å²) < 4.78 is 4.96. The number of esters is 1. The van der Waals surface area contributed by atoms with Gasteiger partial charge >= 0.3 is 5.97 Å². The van der Waals surface area contributed by atoms with Crippen molar-refractivity contribution in [2.75, 3.05) is 18.5 Å². The van der Waals surface area contributed by atoms with Gasteiger partial charge in [-0.1, -0.05) is 0 Å². The summed E-state index contributed by atoms with van der Waals surface area (Å²) in [5, 5.41) is 9.91. The van der Waals surface area contributed by atoms with Crippen LogP contribution in [0.1, 0.15) is 12.6 Å². The Labute approximate surface area is 81.8 Å². The minimum atomic E-state index is -0.139. The Bertz CT molecular complexity index is 335. The third-order valence-corrected chi connectivity index (χ3v) is 2.33. The van der Waals surface area contributed by atoms with Crippen LogP contribution < -0.4 is 5.32 Å². The third kappa shape index (κ3) is 1.57. The summed E-state index contributed by atoms with van der Waals surface area (Å²) >= 11 is 0. The van der Waals surface area contributed by atoms with Gasteiger partial charge in [0.05, 0.1) is 30.1 Å². The Morgan fingerprint density at radius 2 is 2.64 bits per heavy atom. The maximum absolute atomic E-state index is 11.4. The second-order valence-corrected chi connectivity index (χ2v) is 3.30. The molecular weight excluding hydrogens is 182 g/mol. The van der Waals surface area contributed by atoms with E-state index in [1.807, 2.05) is 6.92 Å². The Balaban J connectivity index is 2.04. The van der Waals surface area contributed by atoms with Crippen molar-refractivity contribution in [3.05, 3.63) is 11.9 Å². The first-order valence-electron chi connectivity index (χ1n) is 4.74. The molecule has 2 N–H and O–H groups in total. The molecule has 0 fully saturated rings. The van der Waals surface area contributed by atoms with Crippen molar-refractivity contribution < 1.29 is 9.53 Å². The maximum atomic E-state index is 11.4. The number of H-pyrrole nitrogens is 1. The van der Waals surface area contributed by atoms with Gasteiger partial charge < -0.3 is 10.1 Å². The van der Waals surface area contributed by atoms with E-state index in [-0.39, 0.29) is 11.9 Å². The molecular formula is C9H13N3O2. The van der Waals surface area contributed by atoms with Crippen LogP contribution in [0.2, 0.25) is 0 Å². The normalized spacial score (nSPS) is 19.6. The monoisotopic (exact) mass is 195 g/mol. The fourth-order valence-corrected chi connectivity index (χ4v) is 1.60. The molecule has 5 nitrogen and oxygen atoms in total. The molecule has 0 bridgehead atoms. The lowest BCUT2D eigenvalue weighted by molar-refractivity contribution is -0.147. The topological polar surface area (TPSA) is 67.0 Å². The molecule has 0 aromatic carbocycles.